The topological polar surface area (TPSA) is 133 Å². The van der Waals surface area contributed by atoms with Crippen LogP contribution in [0.25, 0.3) is 0 Å². The Morgan fingerprint density at radius 2 is 2.08 bits per heavy atom. The van der Waals surface area contributed by atoms with E-state index in [1.54, 1.807) is 6.07 Å². The third-order valence-corrected chi connectivity index (χ3v) is 4.60. The Hall–Kier alpha value is -3.16. The molecule has 1 aromatic carbocycles. The second-order valence-corrected chi connectivity index (χ2v) is 7.25. The van der Waals surface area contributed by atoms with Gasteiger partial charge in [-0.2, -0.15) is 0 Å². The number of nitrogens with two attached hydrogens (primary N) is 1. The minimum atomic E-state index is -1.33. The van der Waals surface area contributed by atoms with E-state index in [0.29, 0.717) is 17.7 Å². The summed E-state index contributed by atoms with van der Waals surface area (Å²) in [5.74, 6) is -2.52. The summed E-state index contributed by atoms with van der Waals surface area (Å²) < 4.78 is 5.50. The summed E-state index contributed by atoms with van der Waals surface area (Å²) >= 11 is 0. The standard InChI is InChI=1S/C18H18N2O6/c1-18(2)7-11(21)14-12(8-18)26-16(19)15(17(22)23)13(14)9-4-3-5-10(6-9)20(24)25/h3-6,13H,7-8,19H2,1-2H3,(H,22,23). The van der Waals surface area contributed by atoms with Crippen molar-refractivity contribution in [1.29, 1.82) is 0 Å². The molecule has 1 heterocycles. The van der Waals surface area contributed by atoms with Gasteiger partial charge in [-0.3, -0.25) is 14.9 Å². The molecule has 0 aromatic heterocycles. The number of rotatable bonds is 3. The van der Waals surface area contributed by atoms with Crippen LogP contribution in [0.3, 0.4) is 0 Å². The maximum atomic E-state index is 12.8. The molecule has 1 aliphatic heterocycles. The average Bonchev–Trinajstić information content (AvgIpc) is 2.51. The highest BCUT2D eigenvalue weighted by Crippen LogP contribution is 2.48. The lowest BCUT2D eigenvalue weighted by Crippen LogP contribution is -2.35. The van der Waals surface area contributed by atoms with E-state index in [0.717, 1.165) is 0 Å². The van der Waals surface area contributed by atoms with Crippen LogP contribution in [0.15, 0.2) is 47.1 Å². The molecule has 0 bridgehead atoms. The largest absolute Gasteiger partial charge is 0.478 e. The first kappa shape index (κ1) is 17.7. The predicted octanol–water partition coefficient (Wildman–Crippen LogP) is 2.61. The van der Waals surface area contributed by atoms with Crippen LogP contribution in [0.4, 0.5) is 5.69 Å². The number of ketones is 1. The van der Waals surface area contributed by atoms with Crippen molar-refractivity contribution < 1.29 is 24.4 Å². The molecule has 1 aliphatic carbocycles. The van der Waals surface area contributed by atoms with E-state index in [1.165, 1.54) is 18.2 Å². The van der Waals surface area contributed by atoms with Gasteiger partial charge in [-0.1, -0.05) is 26.0 Å². The number of ether oxygens (including phenoxy) is 1. The van der Waals surface area contributed by atoms with Gasteiger partial charge >= 0.3 is 5.97 Å². The Kier molecular flexibility index (Phi) is 4.06. The molecule has 136 valence electrons. The molecule has 26 heavy (non-hydrogen) atoms. The minimum absolute atomic E-state index is 0.192. The van der Waals surface area contributed by atoms with Gasteiger partial charge in [-0.05, 0) is 11.0 Å². The molecule has 0 saturated heterocycles. The molecule has 1 aromatic rings. The van der Waals surface area contributed by atoms with Gasteiger partial charge in [0.1, 0.15) is 11.3 Å². The van der Waals surface area contributed by atoms with E-state index in [4.69, 9.17) is 10.5 Å². The lowest BCUT2D eigenvalue weighted by atomic mass is 9.70. The van der Waals surface area contributed by atoms with Gasteiger partial charge in [-0.15, -0.1) is 0 Å². The molecular formula is C18H18N2O6. The highest BCUT2D eigenvalue weighted by atomic mass is 16.6. The van der Waals surface area contributed by atoms with Crippen LogP contribution in [0.2, 0.25) is 0 Å². The predicted molar refractivity (Wildman–Crippen MR) is 90.8 cm³/mol. The molecule has 2 aliphatic rings. The first-order valence-electron chi connectivity index (χ1n) is 8.02. The zero-order valence-corrected chi connectivity index (χ0v) is 14.3. The van der Waals surface area contributed by atoms with Gasteiger partial charge in [0.15, 0.2) is 5.78 Å². The normalized spacial score (nSPS) is 21.9. The number of hydrogen-bond donors (Lipinski definition) is 2. The van der Waals surface area contributed by atoms with Crippen LogP contribution in [-0.4, -0.2) is 21.8 Å². The average molecular weight is 358 g/mol. The number of allylic oxidation sites excluding steroid dienone is 2. The van der Waals surface area contributed by atoms with Gasteiger partial charge in [-0.25, -0.2) is 4.79 Å². The maximum Gasteiger partial charge on any atom is 0.337 e. The lowest BCUT2D eigenvalue weighted by Gasteiger charge is -2.37. The highest BCUT2D eigenvalue weighted by Gasteiger charge is 2.44. The van der Waals surface area contributed by atoms with E-state index in [1.807, 2.05) is 13.8 Å². The molecule has 8 heteroatoms. The quantitative estimate of drug-likeness (QED) is 0.626. The third-order valence-electron chi connectivity index (χ3n) is 4.60. The van der Waals surface area contributed by atoms with Gasteiger partial charge < -0.3 is 15.6 Å². The monoisotopic (exact) mass is 358 g/mol. The highest BCUT2D eigenvalue weighted by molar-refractivity contribution is 6.03. The van der Waals surface area contributed by atoms with E-state index in [-0.39, 0.29) is 40.3 Å². The number of benzene rings is 1. The fourth-order valence-electron chi connectivity index (χ4n) is 3.55. The van der Waals surface area contributed by atoms with Gasteiger partial charge in [0.25, 0.3) is 5.69 Å². The molecule has 3 rings (SSSR count). The van der Waals surface area contributed by atoms with Crippen molar-refractivity contribution in [2.24, 2.45) is 11.1 Å². The number of hydrogen-bond acceptors (Lipinski definition) is 6. The molecular weight excluding hydrogens is 340 g/mol. The SMILES string of the molecule is CC1(C)CC(=O)C2=C(C1)OC(N)=C(C(=O)O)C2c1cccc([N+](=O)[O-])c1. The van der Waals surface area contributed by atoms with Crippen molar-refractivity contribution in [1.82, 2.24) is 0 Å². The summed E-state index contributed by atoms with van der Waals surface area (Å²) in [6.07, 6.45) is 0.653. The Bertz CT molecular complexity index is 897. The molecule has 0 fully saturated rings. The minimum Gasteiger partial charge on any atom is -0.478 e. The van der Waals surface area contributed by atoms with Crippen molar-refractivity contribution in [2.45, 2.75) is 32.6 Å². The van der Waals surface area contributed by atoms with Crippen LogP contribution < -0.4 is 5.73 Å². The Morgan fingerprint density at radius 3 is 2.69 bits per heavy atom. The first-order valence-corrected chi connectivity index (χ1v) is 8.02. The Labute approximate surface area is 149 Å². The molecule has 0 radical (unpaired) electrons. The second kappa shape index (κ2) is 5.98. The van der Waals surface area contributed by atoms with Crippen molar-refractivity contribution in [3.63, 3.8) is 0 Å². The number of carbonyl (C=O) groups is 2. The number of nitrogens with zero attached hydrogens (tertiary/aromatic N) is 1. The van der Waals surface area contributed by atoms with Gasteiger partial charge in [0.05, 0.1) is 10.8 Å². The summed E-state index contributed by atoms with van der Waals surface area (Å²) in [4.78, 5) is 35.1. The lowest BCUT2D eigenvalue weighted by molar-refractivity contribution is -0.384. The zero-order chi connectivity index (χ0) is 19.2. The van der Waals surface area contributed by atoms with E-state index < -0.39 is 16.8 Å². The van der Waals surface area contributed by atoms with E-state index in [2.05, 4.69) is 0 Å². The number of aliphatic carboxylic acids is 1. The van der Waals surface area contributed by atoms with E-state index >= 15 is 0 Å². The molecule has 3 N–H and O–H groups in total. The Balaban J connectivity index is 2.22. The molecule has 1 unspecified atom stereocenters. The smallest absolute Gasteiger partial charge is 0.337 e. The summed E-state index contributed by atoms with van der Waals surface area (Å²) in [7, 11) is 0. The van der Waals surface area contributed by atoms with Gasteiger partial charge in [0.2, 0.25) is 5.88 Å². The number of non-ortho nitro benzene ring substituents is 1. The van der Waals surface area contributed by atoms with Crippen molar-refractivity contribution in [2.75, 3.05) is 0 Å². The summed E-state index contributed by atoms with van der Waals surface area (Å²) in [5, 5.41) is 20.7. The zero-order valence-electron chi connectivity index (χ0n) is 14.3. The fraction of sp³-hybridized carbons (Fsp3) is 0.333. The molecule has 0 spiro atoms. The Morgan fingerprint density at radius 1 is 1.38 bits per heavy atom. The molecule has 0 saturated carbocycles. The number of nitro groups is 1. The molecule has 1 atom stereocenters. The summed E-state index contributed by atoms with van der Waals surface area (Å²) in [6, 6.07) is 5.58. The molecule has 0 amide bonds. The number of carboxylic acid groups (broad SMARTS) is 1. The van der Waals surface area contributed by atoms with Crippen molar-refractivity contribution in [3.8, 4) is 0 Å². The third kappa shape index (κ3) is 2.94. The van der Waals surface area contributed by atoms with Crippen LogP contribution in [0, 0.1) is 15.5 Å². The van der Waals surface area contributed by atoms with Crippen molar-refractivity contribution >= 4 is 17.4 Å². The maximum absolute atomic E-state index is 12.8. The van der Waals surface area contributed by atoms with Crippen LogP contribution in [0.1, 0.15) is 38.2 Å². The van der Waals surface area contributed by atoms with E-state index in [9.17, 15) is 24.8 Å². The summed E-state index contributed by atoms with van der Waals surface area (Å²) in [5.41, 5.74) is 5.57. The number of carboxylic acids is 1. The van der Waals surface area contributed by atoms with Gasteiger partial charge in [0, 0.05) is 30.5 Å². The van der Waals surface area contributed by atoms with Crippen LogP contribution in [-0.2, 0) is 14.3 Å². The first-order chi connectivity index (χ1) is 12.1. The number of Topliss-reactive ketones (excluding diaryl/α,β-unsaturated/α-hetero) is 1. The molecule has 8 nitrogen and oxygen atoms in total. The number of carbonyl (C=O) groups excluding carboxylic acids is 1. The number of nitro benzene ring substituents is 1. The summed E-state index contributed by atoms with van der Waals surface area (Å²) in [6.45, 7) is 3.82. The van der Waals surface area contributed by atoms with Crippen molar-refractivity contribution in [3.05, 3.63) is 62.7 Å². The van der Waals surface area contributed by atoms with Crippen LogP contribution >= 0.6 is 0 Å². The van der Waals surface area contributed by atoms with Crippen LogP contribution in [0.5, 0.6) is 0 Å². The fourth-order valence-corrected chi connectivity index (χ4v) is 3.55. The second-order valence-electron chi connectivity index (χ2n) is 7.25.